The Morgan fingerprint density at radius 3 is 2.53 bits per heavy atom. The number of hydrogen-bond donors (Lipinski definition) is 2. The molecule has 1 aliphatic heterocycles. The van der Waals surface area contributed by atoms with Gasteiger partial charge in [-0.3, -0.25) is 0 Å². The molecular formula is C12H22N2O3. The third-order valence-corrected chi connectivity index (χ3v) is 3.54. The molecule has 5 heteroatoms. The maximum atomic E-state index is 12.0. The Hall–Kier alpha value is -1.26. The Morgan fingerprint density at radius 2 is 2.06 bits per heavy atom. The average Bonchev–Trinajstić information content (AvgIpc) is 2.59. The third-order valence-electron chi connectivity index (χ3n) is 3.54. The summed E-state index contributed by atoms with van der Waals surface area (Å²) in [6.07, 6.45) is 1.55. The van der Waals surface area contributed by atoms with Crippen LogP contribution in [0.2, 0.25) is 0 Å². The van der Waals surface area contributed by atoms with Crippen LogP contribution in [-0.2, 0) is 4.79 Å². The topological polar surface area (TPSA) is 69.6 Å². The first-order chi connectivity index (χ1) is 7.78. The Labute approximate surface area is 102 Å². The molecule has 5 nitrogen and oxygen atoms in total. The average molecular weight is 242 g/mol. The fourth-order valence-corrected chi connectivity index (χ4v) is 2.00. The molecule has 2 amide bonds. The van der Waals surface area contributed by atoms with Crippen molar-refractivity contribution in [2.24, 2.45) is 5.92 Å². The Morgan fingerprint density at radius 1 is 1.47 bits per heavy atom. The molecule has 1 heterocycles. The lowest BCUT2D eigenvalue weighted by Crippen LogP contribution is -2.53. The number of nitrogens with one attached hydrogen (secondary N) is 1. The van der Waals surface area contributed by atoms with E-state index in [0.29, 0.717) is 6.54 Å². The molecule has 0 aromatic carbocycles. The van der Waals surface area contributed by atoms with Crippen LogP contribution >= 0.6 is 0 Å². The van der Waals surface area contributed by atoms with Crippen LogP contribution in [0.25, 0.3) is 0 Å². The largest absolute Gasteiger partial charge is 0.480 e. The van der Waals surface area contributed by atoms with Gasteiger partial charge in [0.05, 0.1) is 0 Å². The highest BCUT2D eigenvalue weighted by Gasteiger charge is 2.40. The fraction of sp³-hybridized carbons (Fsp3) is 0.833. The summed E-state index contributed by atoms with van der Waals surface area (Å²) in [7, 11) is 0. The normalized spacial score (nSPS) is 24.8. The first kappa shape index (κ1) is 13.8. The van der Waals surface area contributed by atoms with Gasteiger partial charge < -0.3 is 15.3 Å². The summed E-state index contributed by atoms with van der Waals surface area (Å²) in [6.45, 7) is 8.24. The van der Waals surface area contributed by atoms with Crippen LogP contribution in [0.1, 0.15) is 40.5 Å². The zero-order valence-corrected chi connectivity index (χ0v) is 11.0. The summed E-state index contributed by atoms with van der Waals surface area (Å²) in [6, 6.07) is -0.962. The molecule has 1 rings (SSSR count). The second-order valence-corrected chi connectivity index (χ2v) is 5.41. The van der Waals surface area contributed by atoms with Crippen LogP contribution in [0.3, 0.4) is 0 Å². The van der Waals surface area contributed by atoms with Crippen molar-refractivity contribution in [2.45, 2.75) is 52.1 Å². The summed E-state index contributed by atoms with van der Waals surface area (Å²) in [5, 5.41) is 12.0. The van der Waals surface area contributed by atoms with E-state index in [1.165, 1.54) is 4.90 Å². The van der Waals surface area contributed by atoms with Crippen molar-refractivity contribution in [1.29, 1.82) is 0 Å². The van der Waals surface area contributed by atoms with Gasteiger partial charge in [0.2, 0.25) is 0 Å². The standard InChI is InChI=1S/C12H22N2O3/c1-5-12(3,4)13-11(17)14-7-6-8(2)9(14)10(15)16/h8-9H,5-7H2,1-4H3,(H,13,17)(H,15,16). The van der Waals surface area contributed by atoms with Crippen LogP contribution in [0.4, 0.5) is 4.79 Å². The van der Waals surface area contributed by atoms with E-state index in [-0.39, 0.29) is 17.5 Å². The third kappa shape index (κ3) is 3.11. The molecule has 2 N–H and O–H groups in total. The van der Waals surface area contributed by atoms with Crippen molar-refractivity contribution in [2.75, 3.05) is 6.54 Å². The molecule has 98 valence electrons. The highest BCUT2D eigenvalue weighted by molar-refractivity contribution is 5.83. The number of urea groups is 1. The van der Waals surface area contributed by atoms with Crippen LogP contribution in [0.5, 0.6) is 0 Å². The van der Waals surface area contributed by atoms with Crippen molar-refractivity contribution < 1.29 is 14.7 Å². The molecule has 1 aliphatic rings. The lowest BCUT2D eigenvalue weighted by Gasteiger charge is -2.30. The van der Waals surface area contributed by atoms with Crippen LogP contribution in [-0.4, -0.2) is 40.1 Å². The van der Waals surface area contributed by atoms with Gasteiger partial charge in [-0.05, 0) is 32.6 Å². The van der Waals surface area contributed by atoms with E-state index >= 15 is 0 Å². The summed E-state index contributed by atoms with van der Waals surface area (Å²) in [5.41, 5.74) is -0.300. The highest BCUT2D eigenvalue weighted by Crippen LogP contribution is 2.24. The molecule has 0 radical (unpaired) electrons. The maximum Gasteiger partial charge on any atom is 0.326 e. The van der Waals surface area contributed by atoms with E-state index < -0.39 is 12.0 Å². The summed E-state index contributed by atoms with van der Waals surface area (Å²) in [5.74, 6) is -0.901. The monoisotopic (exact) mass is 242 g/mol. The van der Waals surface area contributed by atoms with Gasteiger partial charge >= 0.3 is 12.0 Å². The SMILES string of the molecule is CCC(C)(C)NC(=O)N1CCC(C)C1C(=O)O. The smallest absolute Gasteiger partial charge is 0.326 e. The minimum Gasteiger partial charge on any atom is -0.480 e. The van der Waals surface area contributed by atoms with Gasteiger partial charge in [0, 0.05) is 12.1 Å². The van der Waals surface area contributed by atoms with Crippen molar-refractivity contribution in [3.63, 3.8) is 0 Å². The quantitative estimate of drug-likeness (QED) is 0.791. The Kier molecular flexibility index (Phi) is 4.01. The van der Waals surface area contributed by atoms with Crippen LogP contribution in [0.15, 0.2) is 0 Å². The van der Waals surface area contributed by atoms with Gasteiger partial charge in [-0.25, -0.2) is 9.59 Å². The predicted octanol–water partition coefficient (Wildman–Crippen LogP) is 1.68. The van der Waals surface area contributed by atoms with Gasteiger partial charge in [-0.1, -0.05) is 13.8 Å². The number of nitrogens with zero attached hydrogens (tertiary/aromatic N) is 1. The number of carbonyl (C=O) groups excluding carboxylic acids is 1. The van der Waals surface area contributed by atoms with E-state index in [0.717, 1.165) is 12.8 Å². The maximum absolute atomic E-state index is 12.0. The summed E-state index contributed by atoms with van der Waals surface area (Å²) in [4.78, 5) is 24.6. The molecule has 2 atom stereocenters. The number of carboxylic acids is 1. The molecular weight excluding hydrogens is 220 g/mol. The van der Waals surface area contributed by atoms with Crippen molar-refractivity contribution in [3.8, 4) is 0 Å². The predicted molar refractivity (Wildman–Crippen MR) is 64.8 cm³/mol. The van der Waals surface area contributed by atoms with Crippen molar-refractivity contribution in [3.05, 3.63) is 0 Å². The molecule has 0 aromatic rings. The van der Waals surface area contributed by atoms with E-state index in [4.69, 9.17) is 5.11 Å². The molecule has 2 unspecified atom stereocenters. The number of hydrogen-bond acceptors (Lipinski definition) is 2. The Bertz CT molecular complexity index is 315. The number of likely N-dealkylation sites (tertiary alicyclic amines) is 1. The van der Waals surface area contributed by atoms with E-state index in [9.17, 15) is 9.59 Å². The molecule has 0 aromatic heterocycles. The van der Waals surface area contributed by atoms with Crippen LogP contribution in [0, 0.1) is 5.92 Å². The highest BCUT2D eigenvalue weighted by atomic mass is 16.4. The lowest BCUT2D eigenvalue weighted by atomic mass is 10.0. The second-order valence-electron chi connectivity index (χ2n) is 5.41. The molecule has 0 bridgehead atoms. The second kappa shape index (κ2) is 4.94. The van der Waals surface area contributed by atoms with E-state index in [1.54, 1.807) is 0 Å². The van der Waals surface area contributed by atoms with E-state index in [1.807, 2.05) is 27.7 Å². The first-order valence-electron chi connectivity index (χ1n) is 6.10. The minimum absolute atomic E-state index is 0.0167. The van der Waals surface area contributed by atoms with Gasteiger partial charge in [0.1, 0.15) is 6.04 Å². The Balaban J connectivity index is 2.72. The van der Waals surface area contributed by atoms with Gasteiger partial charge in [0.15, 0.2) is 0 Å². The molecule has 1 fully saturated rings. The molecule has 0 aliphatic carbocycles. The number of rotatable bonds is 3. The first-order valence-corrected chi connectivity index (χ1v) is 6.10. The molecule has 1 saturated heterocycles. The summed E-state index contributed by atoms with van der Waals surface area (Å²) >= 11 is 0. The number of aliphatic carboxylic acids is 1. The number of carbonyl (C=O) groups is 2. The minimum atomic E-state index is -0.917. The number of amides is 2. The van der Waals surface area contributed by atoms with Gasteiger partial charge in [0.25, 0.3) is 0 Å². The lowest BCUT2D eigenvalue weighted by molar-refractivity contribution is -0.142. The summed E-state index contributed by atoms with van der Waals surface area (Å²) < 4.78 is 0. The van der Waals surface area contributed by atoms with Crippen LogP contribution < -0.4 is 5.32 Å². The van der Waals surface area contributed by atoms with Crippen molar-refractivity contribution in [1.82, 2.24) is 10.2 Å². The fourth-order valence-electron chi connectivity index (χ4n) is 2.00. The molecule has 17 heavy (non-hydrogen) atoms. The van der Waals surface area contributed by atoms with Gasteiger partial charge in [-0.2, -0.15) is 0 Å². The van der Waals surface area contributed by atoms with E-state index in [2.05, 4.69) is 5.32 Å². The zero-order chi connectivity index (χ0) is 13.2. The molecule has 0 spiro atoms. The zero-order valence-electron chi connectivity index (χ0n) is 11.0. The van der Waals surface area contributed by atoms with Gasteiger partial charge in [-0.15, -0.1) is 0 Å². The van der Waals surface area contributed by atoms with Crippen molar-refractivity contribution >= 4 is 12.0 Å². The molecule has 0 saturated carbocycles. The number of carboxylic acid groups (broad SMARTS) is 1.